The summed E-state index contributed by atoms with van der Waals surface area (Å²) in [6.07, 6.45) is -1.30. The van der Waals surface area contributed by atoms with Crippen molar-refractivity contribution in [1.29, 1.82) is 0 Å². The molecular weight excluding hydrogens is 528 g/mol. The lowest BCUT2D eigenvalue weighted by molar-refractivity contribution is -0.384. The van der Waals surface area contributed by atoms with Gasteiger partial charge < -0.3 is 10.1 Å². The Balaban J connectivity index is 1.43. The molecule has 0 aliphatic carbocycles. The Kier molecular flexibility index (Phi) is 6.91. The highest BCUT2D eigenvalue weighted by Crippen LogP contribution is 2.33. The molecule has 1 atom stereocenters. The van der Waals surface area contributed by atoms with Crippen LogP contribution in [0.25, 0.3) is 15.9 Å². The summed E-state index contributed by atoms with van der Waals surface area (Å²) in [4.78, 5) is 38.1. The molecule has 5 aromatic rings. The van der Waals surface area contributed by atoms with Crippen LogP contribution in [0.3, 0.4) is 0 Å². The molecule has 0 aliphatic heterocycles. The van der Waals surface area contributed by atoms with Gasteiger partial charge in [-0.3, -0.25) is 14.9 Å². The Morgan fingerprint density at radius 2 is 1.74 bits per heavy atom. The summed E-state index contributed by atoms with van der Waals surface area (Å²) in [5.74, 6) is -1.34. The number of benzene rings is 3. The largest absolute Gasteiger partial charge is 0.443 e. The third-order valence-electron chi connectivity index (χ3n) is 5.73. The number of carbonyl (C=O) groups is 2. The zero-order chi connectivity index (χ0) is 26.8. The number of amides is 1. The lowest BCUT2D eigenvalue weighted by atomic mass is 10.1. The van der Waals surface area contributed by atoms with Gasteiger partial charge in [-0.25, -0.2) is 9.48 Å². The van der Waals surface area contributed by atoms with E-state index in [-0.39, 0.29) is 16.4 Å². The molecule has 2 heterocycles. The van der Waals surface area contributed by atoms with Crippen LogP contribution in [-0.4, -0.2) is 26.6 Å². The minimum absolute atomic E-state index is 0.0175. The van der Waals surface area contributed by atoms with E-state index < -0.39 is 22.9 Å². The Bertz CT molecular complexity index is 1670. The van der Waals surface area contributed by atoms with Crippen molar-refractivity contribution in [2.45, 2.75) is 13.0 Å². The molecule has 1 unspecified atom stereocenters. The van der Waals surface area contributed by atoms with Gasteiger partial charge in [-0.15, -0.1) is 11.3 Å². The number of non-ortho nitro benzene ring substituents is 1. The second-order valence-corrected chi connectivity index (χ2v) is 9.71. The van der Waals surface area contributed by atoms with Gasteiger partial charge in [-0.2, -0.15) is 5.10 Å². The summed E-state index contributed by atoms with van der Waals surface area (Å²) in [6, 6.07) is 23.5. The molecule has 9 nitrogen and oxygen atoms in total. The molecule has 3 aromatic carbocycles. The Morgan fingerprint density at radius 3 is 2.39 bits per heavy atom. The molecule has 0 aliphatic rings. The molecule has 0 bridgehead atoms. The van der Waals surface area contributed by atoms with E-state index >= 15 is 0 Å². The number of anilines is 1. The third-order valence-corrected chi connectivity index (χ3v) is 7.14. The number of nitro groups is 1. The second-order valence-electron chi connectivity index (χ2n) is 8.27. The normalized spacial score (nSPS) is 11.7. The first-order valence-corrected chi connectivity index (χ1v) is 12.6. The van der Waals surface area contributed by atoms with Gasteiger partial charge in [0.2, 0.25) is 6.10 Å². The number of nitro benzene ring substituents is 1. The van der Waals surface area contributed by atoms with Crippen molar-refractivity contribution in [3.05, 3.63) is 116 Å². The fourth-order valence-corrected chi connectivity index (χ4v) is 5.16. The fourth-order valence-electron chi connectivity index (χ4n) is 3.88. The maximum atomic E-state index is 13.3. The van der Waals surface area contributed by atoms with Crippen LogP contribution >= 0.6 is 22.9 Å². The quantitative estimate of drug-likeness (QED) is 0.142. The van der Waals surface area contributed by atoms with Crippen LogP contribution in [0.1, 0.15) is 27.0 Å². The summed E-state index contributed by atoms with van der Waals surface area (Å²) in [5.41, 5.74) is 2.00. The van der Waals surface area contributed by atoms with Crippen molar-refractivity contribution in [3.63, 3.8) is 0 Å². The number of aryl methyl sites for hydroxylation is 1. The number of hydrogen-bond donors (Lipinski definition) is 1. The number of ether oxygens (including phenoxy) is 1. The van der Waals surface area contributed by atoms with E-state index in [9.17, 15) is 19.7 Å². The summed E-state index contributed by atoms with van der Waals surface area (Å²) < 4.78 is 7.49. The van der Waals surface area contributed by atoms with Crippen LogP contribution in [0.2, 0.25) is 5.02 Å². The van der Waals surface area contributed by atoms with Crippen molar-refractivity contribution < 1.29 is 19.2 Å². The molecule has 1 amide bonds. The minimum atomic E-state index is -1.30. The molecule has 5 rings (SSSR count). The number of aromatic nitrogens is 2. The SMILES string of the molecule is Cc1nn(-c2ccccc2)c2sc(C(=O)OC(C(=O)Nc3ccc([N+](=O)[O-])cc3Cl)c3ccccc3)cc12. The number of rotatable bonds is 7. The highest BCUT2D eigenvalue weighted by molar-refractivity contribution is 7.20. The van der Waals surface area contributed by atoms with Crippen molar-refractivity contribution in [2.24, 2.45) is 0 Å². The number of fused-ring (bicyclic) bond motifs is 1. The number of nitrogens with one attached hydrogen (secondary N) is 1. The maximum absolute atomic E-state index is 13.3. The summed E-state index contributed by atoms with van der Waals surface area (Å²) in [5, 5.41) is 19.0. The zero-order valence-electron chi connectivity index (χ0n) is 19.8. The molecule has 0 saturated carbocycles. The van der Waals surface area contributed by atoms with E-state index in [1.165, 1.54) is 23.5 Å². The summed E-state index contributed by atoms with van der Waals surface area (Å²) in [6.45, 7) is 1.86. The van der Waals surface area contributed by atoms with Crippen LogP contribution in [0.5, 0.6) is 0 Å². The van der Waals surface area contributed by atoms with E-state index in [1.54, 1.807) is 41.1 Å². The van der Waals surface area contributed by atoms with Gasteiger partial charge in [0.25, 0.3) is 11.6 Å². The van der Waals surface area contributed by atoms with Crippen molar-refractivity contribution in [1.82, 2.24) is 9.78 Å². The predicted molar refractivity (Wildman–Crippen MR) is 145 cm³/mol. The Hall–Kier alpha value is -4.54. The van der Waals surface area contributed by atoms with Gasteiger partial charge in [0, 0.05) is 23.1 Å². The van der Waals surface area contributed by atoms with E-state index in [4.69, 9.17) is 16.3 Å². The zero-order valence-corrected chi connectivity index (χ0v) is 21.4. The first kappa shape index (κ1) is 25.1. The second kappa shape index (κ2) is 10.4. The molecular formula is C27H19ClN4O5S. The number of thiophene rings is 1. The monoisotopic (exact) mass is 546 g/mol. The van der Waals surface area contributed by atoms with E-state index in [1.807, 2.05) is 37.3 Å². The predicted octanol–water partition coefficient (Wildman–Crippen LogP) is 6.49. The molecule has 2 aromatic heterocycles. The first-order chi connectivity index (χ1) is 18.3. The topological polar surface area (TPSA) is 116 Å². The molecule has 0 saturated heterocycles. The molecule has 38 heavy (non-hydrogen) atoms. The molecule has 0 fully saturated rings. The van der Waals surface area contributed by atoms with E-state index in [0.717, 1.165) is 27.7 Å². The standard InChI is InChI=1S/C27H19ClN4O5S/c1-16-20-15-23(38-26(20)31(30-16)18-10-6-3-7-11-18)27(34)37-24(17-8-4-2-5-9-17)25(33)29-22-13-12-19(32(35)36)14-21(22)28/h2-15,24H,1H3,(H,29,33). The molecule has 11 heteroatoms. The van der Waals surface area contributed by atoms with E-state index in [2.05, 4.69) is 10.4 Å². The molecule has 1 N–H and O–H groups in total. The molecule has 190 valence electrons. The number of esters is 1. The van der Waals surface area contributed by atoms with Crippen LogP contribution in [-0.2, 0) is 9.53 Å². The van der Waals surface area contributed by atoms with Gasteiger partial charge >= 0.3 is 5.97 Å². The number of nitrogens with zero attached hydrogens (tertiary/aromatic N) is 3. The highest BCUT2D eigenvalue weighted by Gasteiger charge is 2.28. The van der Waals surface area contributed by atoms with Crippen molar-refractivity contribution in [3.8, 4) is 5.69 Å². The number of carbonyl (C=O) groups excluding carboxylic acids is 2. The van der Waals surface area contributed by atoms with Gasteiger partial charge in [-0.05, 0) is 31.2 Å². The van der Waals surface area contributed by atoms with E-state index in [0.29, 0.717) is 10.4 Å². The average Bonchev–Trinajstić information content (AvgIpc) is 3.49. The minimum Gasteiger partial charge on any atom is -0.443 e. The molecule has 0 radical (unpaired) electrons. The van der Waals surface area contributed by atoms with Gasteiger partial charge in [0.05, 0.1) is 27.0 Å². The third kappa shape index (κ3) is 4.99. The van der Waals surface area contributed by atoms with Crippen LogP contribution in [0, 0.1) is 17.0 Å². The molecule has 0 spiro atoms. The lowest BCUT2D eigenvalue weighted by Crippen LogP contribution is -2.25. The number of halogens is 1. The fraction of sp³-hybridized carbons (Fsp3) is 0.0741. The average molecular weight is 547 g/mol. The summed E-state index contributed by atoms with van der Waals surface area (Å²) >= 11 is 7.37. The Morgan fingerprint density at radius 1 is 1.05 bits per heavy atom. The number of hydrogen-bond acceptors (Lipinski definition) is 7. The van der Waals surface area contributed by atoms with Crippen LogP contribution in [0.15, 0.2) is 84.9 Å². The highest BCUT2D eigenvalue weighted by atomic mass is 35.5. The smallest absolute Gasteiger partial charge is 0.349 e. The Labute approximate surface area is 225 Å². The van der Waals surface area contributed by atoms with Gasteiger partial charge in [0.1, 0.15) is 9.71 Å². The number of para-hydroxylation sites is 1. The lowest BCUT2D eigenvalue weighted by Gasteiger charge is -2.18. The van der Waals surface area contributed by atoms with Crippen molar-refractivity contribution in [2.75, 3.05) is 5.32 Å². The van der Waals surface area contributed by atoms with Gasteiger partial charge in [0.15, 0.2) is 0 Å². The van der Waals surface area contributed by atoms with Crippen LogP contribution < -0.4 is 5.32 Å². The van der Waals surface area contributed by atoms with Gasteiger partial charge in [-0.1, -0.05) is 60.1 Å². The maximum Gasteiger partial charge on any atom is 0.349 e. The van der Waals surface area contributed by atoms with Crippen LogP contribution in [0.4, 0.5) is 11.4 Å². The summed E-state index contributed by atoms with van der Waals surface area (Å²) in [7, 11) is 0. The van der Waals surface area contributed by atoms with Crippen molar-refractivity contribution >= 4 is 56.4 Å². The first-order valence-electron chi connectivity index (χ1n) is 11.4.